The number of carboxylic acid groups (broad SMARTS) is 1. The normalized spacial score (nSPS) is 26.5. The number of amides is 3. The van der Waals surface area contributed by atoms with Crippen LogP contribution in [0.1, 0.15) is 80.1 Å². The molecular formula is C42H57N7O9. The Morgan fingerprint density at radius 2 is 1.78 bits per heavy atom. The highest BCUT2D eigenvalue weighted by Crippen LogP contribution is 2.52. The minimum atomic E-state index is -1.40. The Balaban J connectivity index is 1.19. The van der Waals surface area contributed by atoms with Crippen molar-refractivity contribution < 1.29 is 43.2 Å². The number of hydrogen-bond acceptors (Lipinski definition) is 11. The first-order valence-corrected chi connectivity index (χ1v) is 20.5. The average Bonchev–Trinajstić information content (AvgIpc) is 3.83. The monoisotopic (exact) mass is 803 g/mol. The smallest absolute Gasteiger partial charge is 0.408 e. The SMILES string of the molecule is CC[C@@H]1C[C@]1(NC(=O)[C@@H]1C[C@@H](Oc2cc(-n3ccc(NC(C)C)n3)nc3cc(OCCOC)ccc23)CN1C(=O)C(NC(=O)OC1C[C@@H]2C[C@@H]2C1)C(C)(C)C)C(=O)O. The molecular weight excluding hydrogens is 747 g/mol. The lowest BCUT2D eigenvalue weighted by Crippen LogP contribution is -2.59. The molecule has 58 heavy (non-hydrogen) atoms. The molecule has 1 aliphatic heterocycles. The number of nitrogens with one attached hydrogen (secondary N) is 3. The van der Waals surface area contributed by atoms with Crippen LogP contribution in [0.4, 0.5) is 10.6 Å². The first-order chi connectivity index (χ1) is 27.6. The van der Waals surface area contributed by atoms with E-state index in [1.165, 1.54) is 11.3 Å². The predicted octanol–water partition coefficient (Wildman–Crippen LogP) is 4.92. The molecule has 2 aromatic heterocycles. The van der Waals surface area contributed by atoms with Crippen molar-refractivity contribution in [2.75, 3.05) is 32.2 Å². The summed E-state index contributed by atoms with van der Waals surface area (Å²) in [4.78, 5) is 61.0. The van der Waals surface area contributed by atoms with Gasteiger partial charge in [-0.3, -0.25) is 9.59 Å². The molecule has 16 nitrogen and oxygen atoms in total. The zero-order valence-electron chi connectivity index (χ0n) is 34.4. The molecule has 1 saturated heterocycles. The lowest BCUT2D eigenvalue weighted by Gasteiger charge is -2.35. The second-order valence-corrected chi connectivity index (χ2v) is 17.7. The highest BCUT2D eigenvalue weighted by atomic mass is 16.6. The maximum Gasteiger partial charge on any atom is 0.408 e. The van der Waals surface area contributed by atoms with E-state index in [0.29, 0.717) is 71.9 Å². The van der Waals surface area contributed by atoms with Gasteiger partial charge in [0, 0.05) is 49.4 Å². The number of benzene rings is 1. The van der Waals surface area contributed by atoms with Crippen LogP contribution in [-0.4, -0.2) is 111 Å². The lowest BCUT2D eigenvalue weighted by atomic mass is 9.85. The summed E-state index contributed by atoms with van der Waals surface area (Å²) < 4.78 is 25.2. The molecule has 2 unspecified atom stereocenters. The molecule has 3 aliphatic carbocycles. The van der Waals surface area contributed by atoms with Crippen molar-refractivity contribution in [3.8, 4) is 17.3 Å². The van der Waals surface area contributed by atoms with Gasteiger partial charge in [-0.25, -0.2) is 19.3 Å². The van der Waals surface area contributed by atoms with Crippen LogP contribution >= 0.6 is 0 Å². The number of carbonyl (C=O) groups is 4. The standard InChI is InChI=1S/C42H57N7O9/c1-8-26-21-42(26,39(52)53)46-37(50)32-19-29(22-48(32)38(51)36(41(4,5)6)45-40(54)58-28-16-24-15-25(24)17-28)57-33-20-35(49-12-11-34(47-49)43-23(2)3)44-31-18-27(9-10-30(31)33)56-14-13-55-7/h9-12,18,20,23-26,28-29,32,36H,8,13-17,19,21-22H2,1-7H3,(H,43,47)(H,45,54)(H,46,50)(H,52,53)/t24-,25+,26-,28?,29-,32+,36?,42-/m1/s1. The number of aromatic nitrogens is 3. The van der Waals surface area contributed by atoms with E-state index in [0.717, 1.165) is 12.8 Å². The van der Waals surface area contributed by atoms with Crippen LogP contribution in [0, 0.1) is 23.2 Å². The van der Waals surface area contributed by atoms with Crippen molar-refractivity contribution in [1.82, 2.24) is 30.3 Å². The van der Waals surface area contributed by atoms with Crippen molar-refractivity contribution in [1.29, 1.82) is 0 Å². The zero-order chi connectivity index (χ0) is 41.5. The first kappa shape index (κ1) is 41.1. The number of carbonyl (C=O) groups excluding carboxylic acids is 3. The van der Waals surface area contributed by atoms with Gasteiger partial charge in [0.25, 0.3) is 0 Å². The molecule has 0 radical (unpaired) electrons. The van der Waals surface area contributed by atoms with Crippen LogP contribution in [0.3, 0.4) is 0 Å². The number of nitrogens with zero attached hydrogens (tertiary/aromatic N) is 4. The average molecular weight is 804 g/mol. The van der Waals surface area contributed by atoms with Crippen molar-refractivity contribution >= 4 is 40.6 Å². The van der Waals surface area contributed by atoms with Crippen LogP contribution in [0.15, 0.2) is 36.5 Å². The number of fused-ring (bicyclic) bond motifs is 2. The molecule has 1 aromatic carbocycles. The molecule has 3 aromatic rings. The second kappa shape index (κ2) is 16.3. The summed E-state index contributed by atoms with van der Waals surface area (Å²) in [5.74, 6) is 0.960. The molecule has 3 saturated carbocycles. The molecule has 0 bridgehead atoms. The van der Waals surface area contributed by atoms with Gasteiger partial charge in [-0.15, -0.1) is 5.10 Å². The highest BCUT2D eigenvalue weighted by molar-refractivity contribution is 5.96. The summed E-state index contributed by atoms with van der Waals surface area (Å²) in [5, 5.41) is 24.4. The molecule has 3 heterocycles. The quantitative estimate of drug-likeness (QED) is 0.143. The Morgan fingerprint density at radius 3 is 2.43 bits per heavy atom. The topological polar surface area (TPSA) is 195 Å². The number of likely N-dealkylation sites (tertiary alicyclic amines) is 1. The van der Waals surface area contributed by atoms with Gasteiger partial charge in [-0.2, -0.15) is 0 Å². The van der Waals surface area contributed by atoms with Gasteiger partial charge in [0.05, 0.1) is 18.7 Å². The van der Waals surface area contributed by atoms with E-state index >= 15 is 0 Å². The van der Waals surface area contributed by atoms with E-state index < -0.39 is 53.0 Å². The van der Waals surface area contributed by atoms with Gasteiger partial charge in [0.2, 0.25) is 11.8 Å². The van der Waals surface area contributed by atoms with E-state index in [4.69, 9.17) is 23.9 Å². The second-order valence-electron chi connectivity index (χ2n) is 17.7. The lowest BCUT2D eigenvalue weighted by molar-refractivity contribution is -0.146. The van der Waals surface area contributed by atoms with Crippen molar-refractivity contribution in [3.63, 3.8) is 0 Å². The number of aliphatic carboxylic acids is 1. The van der Waals surface area contributed by atoms with E-state index in [1.807, 2.05) is 59.7 Å². The van der Waals surface area contributed by atoms with Gasteiger partial charge >= 0.3 is 12.1 Å². The largest absolute Gasteiger partial charge is 0.491 e. The summed E-state index contributed by atoms with van der Waals surface area (Å²) in [6, 6.07) is 7.08. The van der Waals surface area contributed by atoms with Crippen LogP contribution in [0.5, 0.6) is 11.5 Å². The molecule has 4 N–H and O–H groups in total. The van der Waals surface area contributed by atoms with Gasteiger partial charge < -0.3 is 44.9 Å². The van der Waals surface area contributed by atoms with Crippen molar-refractivity contribution in [2.24, 2.45) is 23.2 Å². The minimum absolute atomic E-state index is 0.00885. The zero-order valence-corrected chi connectivity index (χ0v) is 34.4. The third-order valence-corrected chi connectivity index (χ3v) is 11.9. The highest BCUT2D eigenvalue weighted by Gasteiger charge is 2.61. The van der Waals surface area contributed by atoms with Crippen LogP contribution < -0.4 is 25.4 Å². The summed E-state index contributed by atoms with van der Waals surface area (Å²) >= 11 is 0. The number of rotatable bonds is 16. The maximum absolute atomic E-state index is 14.7. The summed E-state index contributed by atoms with van der Waals surface area (Å²) in [6.45, 7) is 12.2. The van der Waals surface area contributed by atoms with Gasteiger partial charge in [0.15, 0.2) is 5.82 Å². The third-order valence-electron chi connectivity index (χ3n) is 11.9. The van der Waals surface area contributed by atoms with E-state index in [-0.39, 0.29) is 31.0 Å². The Kier molecular flexibility index (Phi) is 11.5. The third kappa shape index (κ3) is 8.81. The summed E-state index contributed by atoms with van der Waals surface area (Å²) in [7, 11) is 1.60. The predicted molar refractivity (Wildman–Crippen MR) is 214 cm³/mol. The van der Waals surface area contributed by atoms with E-state index in [9.17, 15) is 24.3 Å². The van der Waals surface area contributed by atoms with Gasteiger partial charge in [-0.05, 0) is 74.8 Å². The molecule has 4 fully saturated rings. The molecule has 4 aliphatic rings. The van der Waals surface area contributed by atoms with E-state index in [1.54, 1.807) is 30.1 Å². The summed E-state index contributed by atoms with van der Waals surface area (Å²) in [5.41, 5.74) is -1.61. The number of carboxylic acids is 1. The molecule has 0 spiro atoms. The number of hydrogen-bond donors (Lipinski definition) is 4. The van der Waals surface area contributed by atoms with Crippen molar-refractivity contribution in [2.45, 2.75) is 116 Å². The number of alkyl carbamates (subject to hydrolysis) is 1. The Hall–Kier alpha value is -5.12. The number of ether oxygens (including phenoxy) is 4. The Bertz CT molecular complexity index is 2020. The van der Waals surface area contributed by atoms with Crippen LogP contribution in [0.25, 0.3) is 16.7 Å². The van der Waals surface area contributed by atoms with Gasteiger partial charge in [-0.1, -0.05) is 34.1 Å². The molecule has 16 heteroatoms. The number of methoxy groups -OCH3 is 1. The first-order valence-electron chi connectivity index (χ1n) is 20.5. The number of anilines is 1. The molecule has 8 atom stereocenters. The number of pyridine rings is 1. The van der Waals surface area contributed by atoms with Gasteiger partial charge in [0.1, 0.15) is 53.8 Å². The van der Waals surface area contributed by atoms with Crippen LogP contribution in [-0.2, 0) is 23.9 Å². The summed E-state index contributed by atoms with van der Waals surface area (Å²) in [6.07, 6.45) is 4.00. The molecule has 7 rings (SSSR count). The fraction of sp³-hybridized carbons (Fsp3) is 0.619. The van der Waals surface area contributed by atoms with Crippen molar-refractivity contribution in [3.05, 3.63) is 36.5 Å². The fourth-order valence-electron chi connectivity index (χ4n) is 8.56. The molecule has 3 amide bonds. The Labute approximate surface area is 338 Å². The van der Waals surface area contributed by atoms with E-state index in [2.05, 4.69) is 21.0 Å². The minimum Gasteiger partial charge on any atom is -0.491 e. The maximum atomic E-state index is 14.7. The van der Waals surface area contributed by atoms with Crippen LogP contribution in [0.2, 0.25) is 0 Å². The Morgan fingerprint density at radius 1 is 1.02 bits per heavy atom. The fourth-order valence-corrected chi connectivity index (χ4v) is 8.56. The molecule has 314 valence electrons.